The smallest absolute Gasteiger partial charge is 0.320 e. The number of aryl methyl sites for hydroxylation is 1. The van der Waals surface area contributed by atoms with E-state index in [1.807, 2.05) is 17.9 Å². The van der Waals surface area contributed by atoms with Gasteiger partial charge in [-0.05, 0) is 30.5 Å². The first-order valence-electron chi connectivity index (χ1n) is 9.50. The molecular formula is C20H25ClFN5O. The summed E-state index contributed by atoms with van der Waals surface area (Å²) >= 11 is 6.33. The number of halogens is 2. The molecule has 2 amide bonds. The van der Waals surface area contributed by atoms with Crippen molar-refractivity contribution in [1.29, 1.82) is 0 Å². The summed E-state index contributed by atoms with van der Waals surface area (Å²) in [5.74, 6) is 0.326. The minimum absolute atomic E-state index is 0.0267. The lowest BCUT2D eigenvalue weighted by Gasteiger charge is -2.31. The van der Waals surface area contributed by atoms with Crippen LogP contribution in [0.3, 0.4) is 0 Å². The molecule has 150 valence electrons. The number of hydrogen-bond donors (Lipinski definition) is 1. The van der Waals surface area contributed by atoms with Crippen LogP contribution in [0.2, 0.25) is 5.02 Å². The van der Waals surface area contributed by atoms with Crippen molar-refractivity contribution in [1.82, 2.24) is 24.9 Å². The molecule has 1 aromatic carbocycles. The van der Waals surface area contributed by atoms with Gasteiger partial charge < -0.3 is 9.80 Å². The number of hydrogen-bond acceptors (Lipinski definition) is 3. The van der Waals surface area contributed by atoms with Crippen LogP contribution < -0.4 is 0 Å². The van der Waals surface area contributed by atoms with E-state index in [9.17, 15) is 9.18 Å². The molecule has 3 atom stereocenters. The van der Waals surface area contributed by atoms with E-state index in [2.05, 4.69) is 15.1 Å². The van der Waals surface area contributed by atoms with E-state index < -0.39 is 0 Å². The standard InChI is InChI=1S/C20H25ClFN5O/c1-12-18(21)17(24-23-12)11-26-8-14-9-27(20(28)25(2)3)19(16(14)10-26)13-5-4-6-15(22)7-13/h4-7,14,16,19H,8-11H2,1-3H3,(H,23,24)/t14-,16-,19-/m1/s1. The number of fused-ring (bicyclic) bond motifs is 1. The maximum absolute atomic E-state index is 13.9. The SMILES string of the molecule is Cc1[nH]nc(CN2C[C@@H]3CN(C(=O)N(C)C)[C@H](c4cccc(F)c4)[C@@H]3C2)c1Cl. The average molecular weight is 406 g/mol. The van der Waals surface area contributed by atoms with Crippen LogP contribution in [0.15, 0.2) is 24.3 Å². The third kappa shape index (κ3) is 3.37. The van der Waals surface area contributed by atoms with Crippen LogP contribution in [-0.4, -0.2) is 64.7 Å². The van der Waals surface area contributed by atoms with Gasteiger partial charge in [0, 0.05) is 46.2 Å². The Morgan fingerprint density at radius 1 is 1.36 bits per heavy atom. The van der Waals surface area contributed by atoms with E-state index in [1.54, 1.807) is 31.1 Å². The van der Waals surface area contributed by atoms with Crippen molar-refractivity contribution in [2.24, 2.45) is 11.8 Å². The lowest BCUT2D eigenvalue weighted by atomic mass is 9.89. The molecule has 6 nitrogen and oxygen atoms in total. The van der Waals surface area contributed by atoms with Gasteiger partial charge in [-0.1, -0.05) is 23.7 Å². The Hall–Kier alpha value is -2.12. The van der Waals surface area contributed by atoms with Crippen molar-refractivity contribution in [3.8, 4) is 0 Å². The molecule has 2 fully saturated rings. The second-order valence-electron chi connectivity index (χ2n) is 8.06. The molecule has 2 saturated heterocycles. The molecule has 0 radical (unpaired) electrons. The Bertz CT molecular complexity index is 885. The Labute approximate surface area is 169 Å². The largest absolute Gasteiger partial charge is 0.331 e. The van der Waals surface area contributed by atoms with Crippen LogP contribution in [0.1, 0.15) is 23.0 Å². The molecule has 0 bridgehead atoms. The first-order valence-corrected chi connectivity index (χ1v) is 9.88. The second-order valence-corrected chi connectivity index (χ2v) is 8.43. The van der Waals surface area contributed by atoms with Gasteiger partial charge in [-0.2, -0.15) is 5.10 Å². The Balaban J connectivity index is 1.58. The van der Waals surface area contributed by atoms with Gasteiger partial charge in [-0.25, -0.2) is 9.18 Å². The van der Waals surface area contributed by atoms with Crippen LogP contribution in [-0.2, 0) is 6.54 Å². The number of aromatic nitrogens is 2. The molecule has 2 aliphatic heterocycles. The number of likely N-dealkylation sites (tertiary alicyclic amines) is 2. The van der Waals surface area contributed by atoms with Gasteiger partial charge in [0.15, 0.2) is 0 Å². The fraction of sp³-hybridized carbons (Fsp3) is 0.500. The van der Waals surface area contributed by atoms with Gasteiger partial charge in [0.05, 0.1) is 22.5 Å². The summed E-state index contributed by atoms with van der Waals surface area (Å²) in [5, 5.41) is 7.92. The highest BCUT2D eigenvalue weighted by molar-refractivity contribution is 6.31. The van der Waals surface area contributed by atoms with Crippen molar-refractivity contribution < 1.29 is 9.18 Å². The van der Waals surface area contributed by atoms with E-state index in [0.717, 1.165) is 30.0 Å². The van der Waals surface area contributed by atoms with Crippen molar-refractivity contribution in [2.45, 2.75) is 19.5 Å². The predicted octanol–water partition coefficient (Wildman–Crippen LogP) is 3.30. The number of carbonyl (C=O) groups excluding carboxylic acids is 1. The highest BCUT2D eigenvalue weighted by Crippen LogP contribution is 2.45. The number of urea groups is 1. The van der Waals surface area contributed by atoms with E-state index in [1.165, 1.54) is 6.07 Å². The number of carbonyl (C=O) groups is 1. The maximum atomic E-state index is 13.9. The Morgan fingerprint density at radius 2 is 2.14 bits per heavy atom. The lowest BCUT2D eigenvalue weighted by molar-refractivity contribution is 0.151. The second kappa shape index (κ2) is 7.37. The molecule has 1 N–H and O–H groups in total. The normalized spacial score (nSPS) is 24.6. The van der Waals surface area contributed by atoms with Crippen LogP contribution in [0.4, 0.5) is 9.18 Å². The maximum Gasteiger partial charge on any atom is 0.320 e. The average Bonchev–Trinajstić information content (AvgIpc) is 3.29. The summed E-state index contributed by atoms with van der Waals surface area (Å²) < 4.78 is 13.9. The zero-order valence-corrected chi connectivity index (χ0v) is 17.1. The van der Waals surface area contributed by atoms with Crippen molar-refractivity contribution in [3.05, 3.63) is 52.1 Å². The number of amides is 2. The topological polar surface area (TPSA) is 55.5 Å². The molecule has 4 rings (SSSR count). The zero-order valence-electron chi connectivity index (χ0n) is 16.3. The number of nitrogens with zero attached hydrogens (tertiary/aromatic N) is 4. The Morgan fingerprint density at radius 3 is 2.79 bits per heavy atom. The molecule has 8 heteroatoms. The molecule has 0 spiro atoms. The molecule has 1 aromatic heterocycles. The van der Waals surface area contributed by atoms with E-state index in [0.29, 0.717) is 24.0 Å². The summed E-state index contributed by atoms with van der Waals surface area (Å²) in [7, 11) is 3.51. The summed E-state index contributed by atoms with van der Waals surface area (Å²) in [6.45, 7) is 4.95. The predicted molar refractivity (Wildman–Crippen MR) is 106 cm³/mol. The fourth-order valence-corrected chi connectivity index (χ4v) is 4.76. The molecule has 3 heterocycles. The lowest BCUT2D eigenvalue weighted by Crippen LogP contribution is -2.41. The summed E-state index contributed by atoms with van der Waals surface area (Å²) in [6, 6.07) is 6.48. The van der Waals surface area contributed by atoms with Crippen molar-refractivity contribution in [3.63, 3.8) is 0 Å². The molecule has 28 heavy (non-hydrogen) atoms. The quantitative estimate of drug-likeness (QED) is 0.852. The van der Waals surface area contributed by atoms with Gasteiger partial charge in [0.2, 0.25) is 0 Å². The van der Waals surface area contributed by atoms with Gasteiger partial charge in [-0.15, -0.1) is 0 Å². The van der Waals surface area contributed by atoms with Crippen LogP contribution in [0.25, 0.3) is 0 Å². The highest BCUT2D eigenvalue weighted by Gasteiger charge is 2.49. The van der Waals surface area contributed by atoms with Gasteiger partial charge in [-0.3, -0.25) is 10.00 Å². The summed E-state index contributed by atoms with van der Waals surface area (Å²) in [6.07, 6.45) is 0. The molecule has 0 aliphatic carbocycles. The molecule has 2 aliphatic rings. The molecule has 0 unspecified atom stereocenters. The number of aromatic amines is 1. The van der Waals surface area contributed by atoms with E-state index in [4.69, 9.17) is 11.6 Å². The first kappa shape index (κ1) is 19.2. The first-order chi connectivity index (χ1) is 13.3. The third-order valence-corrected chi connectivity index (χ3v) is 6.37. The summed E-state index contributed by atoms with van der Waals surface area (Å²) in [4.78, 5) is 18.6. The minimum atomic E-state index is -0.271. The molecule has 0 saturated carbocycles. The van der Waals surface area contributed by atoms with Gasteiger partial charge >= 0.3 is 6.03 Å². The van der Waals surface area contributed by atoms with Crippen molar-refractivity contribution >= 4 is 17.6 Å². The number of benzene rings is 1. The summed E-state index contributed by atoms with van der Waals surface area (Å²) in [5.41, 5.74) is 2.58. The highest BCUT2D eigenvalue weighted by atomic mass is 35.5. The molecular weight excluding hydrogens is 381 g/mol. The van der Waals surface area contributed by atoms with Crippen molar-refractivity contribution in [2.75, 3.05) is 33.7 Å². The van der Waals surface area contributed by atoms with E-state index in [-0.39, 0.29) is 23.8 Å². The van der Waals surface area contributed by atoms with Crippen LogP contribution >= 0.6 is 11.6 Å². The number of nitrogens with one attached hydrogen (secondary N) is 1. The van der Waals surface area contributed by atoms with Gasteiger partial charge in [0.1, 0.15) is 5.82 Å². The van der Waals surface area contributed by atoms with Crippen LogP contribution in [0, 0.1) is 24.6 Å². The third-order valence-electron chi connectivity index (χ3n) is 5.87. The Kier molecular flexibility index (Phi) is 5.05. The van der Waals surface area contributed by atoms with Crippen LogP contribution in [0.5, 0.6) is 0 Å². The fourth-order valence-electron chi connectivity index (χ4n) is 4.62. The number of H-pyrrole nitrogens is 1. The number of rotatable bonds is 3. The molecule has 2 aromatic rings. The van der Waals surface area contributed by atoms with E-state index >= 15 is 0 Å². The van der Waals surface area contributed by atoms with Gasteiger partial charge in [0.25, 0.3) is 0 Å². The monoisotopic (exact) mass is 405 g/mol. The zero-order chi connectivity index (χ0) is 20.0. The minimum Gasteiger partial charge on any atom is -0.331 e.